The summed E-state index contributed by atoms with van der Waals surface area (Å²) in [4.78, 5) is 0. The van der Waals surface area contributed by atoms with Crippen LogP contribution >= 0.6 is 12.4 Å². The van der Waals surface area contributed by atoms with E-state index in [0.717, 1.165) is 30.8 Å². The maximum Gasteiger partial charge on any atom is 0.122 e. The maximum absolute atomic E-state index is 7.21. The van der Waals surface area contributed by atoms with E-state index in [4.69, 9.17) is 15.9 Å². The van der Waals surface area contributed by atoms with Crippen LogP contribution in [0.3, 0.4) is 0 Å². The van der Waals surface area contributed by atoms with Gasteiger partial charge in [-0.05, 0) is 30.7 Å². The van der Waals surface area contributed by atoms with Crippen LogP contribution in [-0.2, 0) is 0 Å². The van der Waals surface area contributed by atoms with Crippen molar-refractivity contribution in [3.8, 4) is 5.75 Å². The van der Waals surface area contributed by atoms with E-state index >= 15 is 0 Å². The van der Waals surface area contributed by atoms with Crippen LogP contribution in [0.2, 0.25) is 0 Å². The Balaban J connectivity index is 0.00000196. The molecule has 0 radical (unpaired) electrons. The van der Waals surface area contributed by atoms with Gasteiger partial charge in [-0.1, -0.05) is 13.3 Å². The van der Waals surface area contributed by atoms with Crippen molar-refractivity contribution in [2.45, 2.75) is 19.8 Å². The molecule has 0 saturated carbocycles. The van der Waals surface area contributed by atoms with E-state index in [9.17, 15) is 0 Å². The number of amidine groups is 1. The lowest BCUT2D eigenvalue weighted by molar-refractivity contribution is 0.309. The summed E-state index contributed by atoms with van der Waals surface area (Å²) in [5.74, 6) is 0.925. The van der Waals surface area contributed by atoms with Crippen molar-refractivity contribution in [2.75, 3.05) is 6.61 Å². The van der Waals surface area contributed by atoms with E-state index in [0.29, 0.717) is 0 Å². The molecule has 0 saturated heterocycles. The molecule has 84 valence electrons. The highest BCUT2D eigenvalue weighted by molar-refractivity contribution is 5.94. The highest BCUT2D eigenvalue weighted by Gasteiger charge is 1.96. The molecule has 0 aliphatic carbocycles. The van der Waals surface area contributed by atoms with Gasteiger partial charge in [0.2, 0.25) is 0 Å². The Bertz CT molecular complexity index is 298. The second-order valence-corrected chi connectivity index (χ2v) is 3.14. The largest absolute Gasteiger partial charge is 0.494 e. The molecule has 3 N–H and O–H groups in total. The van der Waals surface area contributed by atoms with Crippen LogP contribution in [0.1, 0.15) is 25.3 Å². The van der Waals surface area contributed by atoms with Crippen LogP contribution in [0.4, 0.5) is 0 Å². The number of unbranched alkanes of at least 4 members (excludes halogenated alkanes) is 1. The van der Waals surface area contributed by atoms with Gasteiger partial charge in [-0.2, -0.15) is 0 Å². The molecule has 0 atom stereocenters. The van der Waals surface area contributed by atoms with Crippen molar-refractivity contribution in [3.63, 3.8) is 0 Å². The zero-order chi connectivity index (χ0) is 10.4. The van der Waals surface area contributed by atoms with Gasteiger partial charge in [-0.25, -0.2) is 0 Å². The first kappa shape index (κ1) is 13.8. The molecule has 0 bridgehead atoms. The minimum absolute atomic E-state index is 0. The number of halogens is 1. The third-order valence-corrected chi connectivity index (χ3v) is 1.93. The Morgan fingerprint density at radius 3 is 2.40 bits per heavy atom. The Morgan fingerprint density at radius 2 is 1.93 bits per heavy atom. The molecule has 0 fully saturated rings. The second-order valence-electron chi connectivity index (χ2n) is 3.14. The fourth-order valence-corrected chi connectivity index (χ4v) is 1.07. The second kappa shape index (κ2) is 7.12. The number of benzene rings is 1. The van der Waals surface area contributed by atoms with Gasteiger partial charge in [-0.15, -0.1) is 12.4 Å². The van der Waals surface area contributed by atoms with Crippen molar-refractivity contribution in [3.05, 3.63) is 29.8 Å². The molecule has 0 aliphatic heterocycles. The molecule has 0 heterocycles. The van der Waals surface area contributed by atoms with E-state index in [-0.39, 0.29) is 18.2 Å². The molecular weight excluding hydrogens is 212 g/mol. The van der Waals surface area contributed by atoms with Crippen LogP contribution < -0.4 is 10.5 Å². The quantitative estimate of drug-likeness (QED) is 0.462. The summed E-state index contributed by atoms with van der Waals surface area (Å²) in [6.45, 7) is 2.87. The first-order valence-electron chi connectivity index (χ1n) is 4.81. The number of nitrogens with one attached hydrogen (secondary N) is 1. The van der Waals surface area contributed by atoms with E-state index < -0.39 is 0 Å². The van der Waals surface area contributed by atoms with Crippen molar-refractivity contribution < 1.29 is 4.74 Å². The number of ether oxygens (including phenoxy) is 1. The third kappa shape index (κ3) is 4.70. The molecule has 0 aromatic heterocycles. The first-order chi connectivity index (χ1) is 6.74. The summed E-state index contributed by atoms with van der Waals surface area (Å²) >= 11 is 0. The lowest BCUT2D eigenvalue weighted by atomic mass is 10.2. The van der Waals surface area contributed by atoms with Gasteiger partial charge >= 0.3 is 0 Å². The van der Waals surface area contributed by atoms with Crippen LogP contribution in [0.25, 0.3) is 0 Å². The average molecular weight is 229 g/mol. The van der Waals surface area contributed by atoms with E-state index in [2.05, 4.69) is 6.92 Å². The summed E-state index contributed by atoms with van der Waals surface area (Å²) in [7, 11) is 0. The summed E-state index contributed by atoms with van der Waals surface area (Å²) in [5, 5.41) is 7.21. The number of rotatable bonds is 5. The smallest absolute Gasteiger partial charge is 0.122 e. The highest BCUT2D eigenvalue weighted by atomic mass is 35.5. The molecule has 0 amide bonds. The summed E-state index contributed by atoms with van der Waals surface area (Å²) in [6, 6.07) is 7.27. The highest BCUT2D eigenvalue weighted by Crippen LogP contribution is 2.12. The van der Waals surface area contributed by atoms with Gasteiger partial charge in [0.05, 0.1) is 6.61 Å². The fourth-order valence-electron chi connectivity index (χ4n) is 1.07. The number of nitrogens with two attached hydrogens (primary N) is 1. The van der Waals surface area contributed by atoms with Gasteiger partial charge in [0.15, 0.2) is 0 Å². The predicted octanol–water partition coefficient (Wildman–Crippen LogP) is 2.57. The van der Waals surface area contributed by atoms with Gasteiger partial charge in [-0.3, -0.25) is 5.41 Å². The SMILES string of the molecule is CCCCOc1ccc(C(=N)N)cc1.Cl. The fraction of sp³-hybridized carbons (Fsp3) is 0.364. The molecular formula is C11H17ClN2O. The molecule has 1 aromatic carbocycles. The number of nitrogen functional groups attached to an aromatic ring is 1. The van der Waals surface area contributed by atoms with Crippen molar-refractivity contribution in [1.29, 1.82) is 5.41 Å². The molecule has 3 nitrogen and oxygen atoms in total. The number of hydrogen-bond acceptors (Lipinski definition) is 2. The van der Waals surface area contributed by atoms with Crippen LogP contribution in [-0.4, -0.2) is 12.4 Å². The van der Waals surface area contributed by atoms with Crippen molar-refractivity contribution >= 4 is 18.2 Å². The molecule has 4 heteroatoms. The molecule has 1 aromatic rings. The molecule has 15 heavy (non-hydrogen) atoms. The molecule has 0 aliphatic rings. The zero-order valence-electron chi connectivity index (χ0n) is 8.82. The van der Waals surface area contributed by atoms with Gasteiger partial charge < -0.3 is 10.5 Å². The Morgan fingerprint density at radius 1 is 1.33 bits per heavy atom. The van der Waals surface area contributed by atoms with Gasteiger partial charge in [0.25, 0.3) is 0 Å². The maximum atomic E-state index is 7.21. The van der Waals surface area contributed by atoms with Crippen LogP contribution in [0.15, 0.2) is 24.3 Å². The van der Waals surface area contributed by atoms with Crippen molar-refractivity contribution in [2.24, 2.45) is 5.73 Å². The standard InChI is InChI=1S/C11H16N2O.ClH/c1-2-3-8-14-10-6-4-9(5-7-10)11(12)13;/h4-7H,2-3,8H2,1H3,(H3,12,13);1H. The summed E-state index contributed by atoms with van der Waals surface area (Å²) in [6.07, 6.45) is 2.19. The molecule has 1 rings (SSSR count). The van der Waals surface area contributed by atoms with Gasteiger partial charge in [0, 0.05) is 5.56 Å². The number of hydrogen-bond donors (Lipinski definition) is 2. The van der Waals surface area contributed by atoms with Crippen LogP contribution in [0, 0.1) is 5.41 Å². The minimum Gasteiger partial charge on any atom is -0.494 e. The Kier molecular flexibility index (Phi) is 6.54. The van der Waals surface area contributed by atoms with Crippen LogP contribution in [0.5, 0.6) is 5.75 Å². The monoisotopic (exact) mass is 228 g/mol. The zero-order valence-corrected chi connectivity index (χ0v) is 9.64. The third-order valence-electron chi connectivity index (χ3n) is 1.93. The molecule has 0 unspecified atom stereocenters. The normalized spacial score (nSPS) is 9.13. The van der Waals surface area contributed by atoms with E-state index in [1.807, 2.05) is 12.1 Å². The van der Waals surface area contributed by atoms with E-state index in [1.165, 1.54) is 0 Å². The lowest BCUT2D eigenvalue weighted by Crippen LogP contribution is -2.10. The van der Waals surface area contributed by atoms with Gasteiger partial charge in [0.1, 0.15) is 11.6 Å². The van der Waals surface area contributed by atoms with E-state index in [1.54, 1.807) is 12.1 Å². The topological polar surface area (TPSA) is 59.1 Å². The lowest BCUT2D eigenvalue weighted by Gasteiger charge is -2.05. The molecule has 0 spiro atoms. The average Bonchev–Trinajstić information content (AvgIpc) is 2.19. The summed E-state index contributed by atoms with van der Waals surface area (Å²) < 4.78 is 5.47. The Hall–Kier alpha value is -1.22. The summed E-state index contributed by atoms with van der Waals surface area (Å²) in [5.41, 5.74) is 6.06. The predicted molar refractivity (Wildman–Crippen MR) is 65.1 cm³/mol. The van der Waals surface area contributed by atoms with Crippen molar-refractivity contribution in [1.82, 2.24) is 0 Å². The first-order valence-corrected chi connectivity index (χ1v) is 4.81. The minimum atomic E-state index is 0. The Labute approximate surface area is 96.5 Å².